The molecule has 1 atom stereocenters. The fourth-order valence-electron chi connectivity index (χ4n) is 3.55. The maximum absolute atomic E-state index is 12.7. The van der Waals surface area contributed by atoms with Crippen molar-refractivity contribution in [2.24, 2.45) is 5.92 Å². The lowest BCUT2D eigenvalue weighted by Crippen LogP contribution is -2.28. The van der Waals surface area contributed by atoms with E-state index in [1.807, 2.05) is 24.3 Å². The average molecular weight is 395 g/mol. The fourth-order valence-corrected chi connectivity index (χ4v) is 3.55. The summed E-state index contributed by atoms with van der Waals surface area (Å²) >= 11 is 0. The van der Waals surface area contributed by atoms with Gasteiger partial charge in [-0.25, -0.2) is 0 Å². The van der Waals surface area contributed by atoms with Crippen LogP contribution in [0.5, 0.6) is 0 Å². The predicted octanol–water partition coefficient (Wildman–Crippen LogP) is 4.24. The van der Waals surface area contributed by atoms with Crippen molar-refractivity contribution in [3.63, 3.8) is 0 Å². The van der Waals surface area contributed by atoms with Crippen molar-refractivity contribution in [3.05, 3.63) is 63.7 Å². The van der Waals surface area contributed by atoms with Crippen LogP contribution in [0.2, 0.25) is 0 Å². The van der Waals surface area contributed by atoms with Crippen molar-refractivity contribution >= 4 is 28.9 Å². The van der Waals surface area contributed by atoms with Gasteiger partial charge < -0.3 is 10.2 Å². The molecule has 1 saturated heterocycles. The number of hydrogen-bond donors (Lipinski definition) is 1. The predicted molar refractivity (Wildman–Crippen MR) is 112 cm³/mol. The van der Waals surface area contributed by atoms with Gasteiger partial charge >= 0.3 is 0 Å². The molecule has 0 spiro atoms. The molecule has 0 radical (unpaired) electrons. The molecule has 1 aliphatic heterocycles. The Morgan fingerprint density at radius 3 is 2.62 bits per heavy atom. The van der Waals surface area contributed by atoms with E-state index in [0.717, 1.165) is 24.9 Å². The van der Waals surface area contributed by atoms with E-state index in [0.29, 0.717) is 5.56 Å². The second kappa shape index (κ2) is 8.86. The number of hydrogen-bond acceptors (Lipinski definition) is 4. The van der Waals surface area contributed by atoms with Crippen molar-refractivity contribution in [1.82, 2.24) is 0 Å². The monoisotopic (exact) mass is 395 g/mol. The van der Waals surface area contributed by atoms with Crippen LogP contribution in [-0.4, -0.2) is 23.3 Å². The van der Waals surface area contributed by atoms with Gasteiger partial charge in [-0.15, -0.1) is 0 Å². The molecule has 7 heteroatoms. The molecule has 1 aliphatic rings. The minimum absolute atomic E-state index is 0.0864. The highest BCUT2D eigenvalue weighted by Crippen LogP contribution is 2.30. The van der Waals surface area contributed by atoms with Crippen molar-refractivity contribution in [2.45, 2.75) is 39.5 Å². The van der Waals surface area contributed by atoms with Crippen LogP contribution < -0.4 is 10.2 Å². The van der Waals surface area contributed by atoms with Crippen molar-refractivity contribution in [1.29, 1.82) is 0 Å². The van der Waals surface area contributed by atoms with Gasteiger partial charge in [-0.2, -0.15) is 0 Å². The summed E-state index contributed by atoms with van der Waals surface area (Å²) in [4.78, 5) is 37.5. The van der Waals surface area contributed by atoms with Gasteiger partial charge in [0.15, 0.2) is 0 Å². The highest BCUT2D eigenvalue weighted by Gasteiger charge is 2.36. The number of rotatable bonds is 7. The third kappa shape index (κ3) is 4.62. The summed E-state index contributed by atoms with van der Waals surface area (Å²) in [5.41, 5.74) is 2.64. The Labute approximate surface area is 169 Å². The minimum atomic E-state index is -0.554. The van der Waals surface area contributed by atoms with Crippen LogP contribution in [-0.2, 0) is 16.0 Å². The number of unbranched alkanes of at least 4 members (excludes halogenated alkanes) is 1. The fraction of sp³-hybridized carbons (Fsp3) is 0.364. The number of aryl methyl sites for hydroxylation is 2. The molecule has 152 valence electrons. The third-order valence-corrected chi connectivity index (χ3v) is 5.26. The molecule has 29 heavy (non-hydrogen) atoms. The zero-order valence-electron chi connectivity index (χ0n) is 16.7. The summed E-state index contributed by atoms with van der Waals surface area (Å²) in [6.07, 6.45) is 3.34. The molecule has 1 N–H and O–H groups in total. The van der Waals surface area contributed by atoms with Crippen LogP contribution in [0.1, 0.15) is 37.3 Å². The molecule has 2 aromatic carbocycles. The zero-order valence-corrected chi connectivity index (χ0v) is 16.7. The van der Waals surface area contributed by atoms with Crippen molar-refractivity contribution in [2.75, 3.05) is 16.8 Å². The van der Waals surface area contributed by atoms with E-state index in [1.54, 1.807) is 24.0 Å². The smallest absolute Gasteiger partial charge is 0.293 e. The van der Waals surface area contributed by atoms with Gasteiger partial charge in [0, 0.05) is 24.7 Å². The quantitative estimate of drug-likeness (QED) is 0.561. The van der Waals surface area contributed by atoms with Crippen molar-refractivity contribution in [3.8, 4) is 0 Å². The summed E-state index contributed by atoms with van der Waals surface area (Å²) in [5, 5.41) is 13.9. The largest absolute Gasteiger partial charge is 0.320 e. The summed E-state index contributed by atoms with van der Waals surface area (Å²) in [6, 6.07) is 12.5. The Balaban J connectivity index is 1.70. The second-order valence-electron chi connectivity index (χ2n) is 7.39. The van der Waals surface area contributed by atoms with Crippen LogP contribution in [0, 0.1) is 23.0 Å². The number of nitrogens with zero attached hydrogens (tertiary/aromatic N) is 2. The number of nitro benzene ring substituents is 1. The van der Waals surface area contributed by atoms with Crippen LogP contribution in [0.25, 0.3) is 0 Å². The highest BCUT2D eigenvalue weighted by atomic mass is 16.6. The Morgan fingerprint density at radius 1 is 1.24 bits per heavy atom. The summed E-state index contributed by atoms with van der Waals surface area (Å²) in [6.45, 7) is 4.11. The molecule has 0 bridgehead atoms. The molecule has 0 aliphatic carbocycles. The number of nitrogens with one attached hydrogen (secondary N) is 1. The first-order valence-electron chi connectivity index (χ1n) is 9.85. The number of benzene rings is 2. The lowest BCUT2D eigenvalue weighted by atomic mass is 10.1. The number of anilines is 2. The molecule has 1 unspecified atom stereocenters. The summed E-state index contributed by atoms with van der Waals surface area (Å²) in [7, 11) is 0. The molecular formula is C22H25N3O4. The van der Waals surface area contributed by atoms with E-state index >= 15 is 0 Å². The van der Waals surface area contributed by atoms with E-state index in [9.17, 15) is 19.7 Å². The van der Waals surface area contributed by atoms with Gasteiger partial charge in [-0.3, -0.25) is 19.7 Å². The molecule has 2 aromatic rings. The molecule has 1 fully saturated rings. The molecule has 0 aromatic heterocycles. The van der Waals surface area contributed by atoms with Gasteiger partial charge in [0.1, 0.15) is 5.69 Å². The third-order valence-electron chi connectivity index (χ3n) is 5.26. The first-order valence-corrected chi connectivity index (χ1v) is 9.85. The van der Waals surface area contributed by atoms with Gasteiger partial charge in [0.25, 0.3) is 5.69 Å². The molecular weight excluding hydrogens is 370 g/mol. The first-order chi connectivity index (χ1) is 13.9. The number of carbonyl (C=O) groups is 2. The Hall–Kier alpha value is -3.22. The SMILES string of the molecule is CCCCc1ccc(N2CC(C(=O)Nc3c(C)cccc3[N+](=O)[O-])CC2=O)cc1. The minimum Gasteiger partial charge on any atom is -0.320 e. The van der Waals surface area contributed by atoms with Crippen LogP contribution in [0.3, 0.4) is 0 Å². The second-order valence-corrected chi connectivity index (χ2v) is 7.39. The molecule has 3 rings (SSSR count). The number of para-hydroxylation sites is 1. The molecule has 0 saturated carbocycles. The lowest BCUT2D eigenvalue weighted by Gasteiger charge is -2.17. The maximum atomic E-state index is 12.7. The Morgan fingerprint density at radius 2 is 1.97 bits per heavy atom. The van der Waals surface area contributed by atoms with E-state index in [-0.39, 0.29) is 36.2 Å². The van der Waals surface area contributed by atoms with Gasteiger partial charge in [-0.05, 0) is 43.0 Å². The van der Waals surface area contributed by atoms with Gasteiger partial charge in [-0.1, -0.05) is 37.6 Å². The highest BCUT2D eigenvalue weighted by molar-refractivity contribution is 6.04. The molecule has 7 nitrogen and oxygen atoms in total. The molecule has 2 amide bonds. The standard InChI is InChI=1S/C22H25N3O4/c1-3-4-7-16-9-11-18(12-10-16)24-14-17(13-20(24)26)22(27)23-21-15(2)6-5-8-19(21)25(28)29/h5-6,8-12,17H,3-4,7,13-14H2,1-2H3,(H,23,27). The number of carbonyl (C=O) groups excluding carboxylic acids is 2. The maximum Gasteiger partial charge on any atom is 0.293 e. The zero-order chi connectivity index (χ0) is 21.0. The number of amides is 2. The number of nitro groups is 1. The van der Waals surface area contributed by atoms with Gasteiger partial charge in [0.05, 0.1) is 10.8 Å². The van der Waals surface area contributed by atoms with Crippen LogP contribution in [0.4, 0.5) is 17.1 Å². The Bertz CT molecular complexity index is 924. The van der Waals surface area contributed by atoms with Crippen LogP contribution in [0.15, 0.2) is 42.5 Å². The topological polar surface area (TPSA) is 92.6 Å². The van der Waals surface area contributed by atoms with E-state index in [2.05, 4.69) is 12.2 Å². The molecule has 1 heterocycles. The normalized spacial score (nSPS) is 16.1. The average Bonchev–Trinajstić information content (AvgIpc) is 3.10. The first kappa shape index (κ1) is 20.5. The lowest BCUT2D eigenvalue weighted by molar-refractivity contribution is -0.384. The Kier molecular flexibility index (Phi) is 6.26. The van der Waals surface area contributed by atoms with E-state index in [4.69, 9.17) is 0 Å². The van der Waals surface area contributed by atoms with Gasteiger partial charge in [0.2, 0.25) is 11.8 Å². The van der Waals surface area contributed by atoms with Crippen LogP contribution >= 0.6 is 0 Å². The van der Waals surface area contributed by atoms with Crippen molar-refractivity contribution < 1.29 is 14.5 Å². The van der Waals surface area contributed by atoms with E-state index < -0.39 is 10.8 Å². The van der Waals surface area contributed by atoms with E-state index in [1.165, 1.54) is 11.6 Å². The summed E-state index contributed by atoms with van der Waals surface area (Å²) < 4.78 is 0. The summed E-state index contributed by atoms with van der Waals surface area (Å²) in [5.74, 6) is -1.05.